The van der Waals surface area contributed by atoms with Gasteiger partial charge in [-0.3, -0.25) is 9.59 Å². The van der Waals surface area contributed by atoms with Gasteiger partial charge >= 0.3 is 0 Å². The molecule has 4 heterocycles. The molecule has 180 valence electrons. The van der Waals surface area contributed by atoms with Crippen LogP contribution in [0.1, 0.15) is 34.5 Å². The van der Waals surface area contributed by atoms with E-state index in [1.807, 2.05) is 42.2 Å². The van der Waals surface area contributed by atoms with Crippen molar-refractivity contribution in [3.8, 4) is 17.1 Å². The number of ether oxygens (including phenoxy) is 1. The Hall–Kier alpha value is -4.14. The first-order valence-corrected chi connectivity index (χ1v) is 11.6. The number of H-pyrrole nitrogens is 1. The van der Waals surface area contributed by atoms with Crippen LogP contribution in [0.3, 0.4) is 0 Å². The maximum absolute atomic E-state index is 12.8. The lowest BCUT2D eigenvalue weighted by atomic mass is 9.72. The van der Waals surface area contributed by atoms with Crippen LogP contribution in [-0.4, -0.2) is 58.4 Å². The number of piperidine rings is 1. The quantitative estimate of drug-likeness (QED) is 0.491. The number of benzene rings is 1. The van der Waals surface area contributed by atoms with Crippen LogP contribution in [0, 0.1) is 6.92 Å². The molecule has 0 atom stereocenters. The van der Waals surface area contributed by atoms with E-state index >= 15 is 0 Å². The first kappa shape index (κ1) is 22.6. The first-order chi connectivity index (χ1) is 16.9. The summed E-state index contributed by atoms with van der Waals surface area (Å²) in [6.45, 7) is 7.32. The van der Waals surface area contributed by atoms with Crippen molar-refractivity contribution in [1.29, 1.82) is 0 Å². The second-order valence-electron chi connectivity index (χ2n) is 9.01. The molecule has 9 nitrogen and oxygen atoms in total. The summed E-state index contributed by atoms with van der Waals surface area (Å²) in [4.78, 5) is 39.4. The largest absolute Gasteiger partial charge is 0.495 e. The Bertz CT molecular complexity index is 1310. The second-order valence-corrected chi connectivity index (χ2v) is 9.01. The summed E-state index contributed by atoms with van der Waals surface area (Å²) in [5, 5.41) is 6.27. The van der Waals surface area contributed by atoms with Gasteiger partial charge in [-0.05, 0) is 49.6 Å². The van der Waals surface area contributed by atoms with Crippen LogP contribution in [0.25, 0.3) is 11.4 Å². The van der Waals surface area contributed by atoms with E-state index in [0.717, 1.165) is 35.5 Å². The van der Waals surface area contributed by atoms with Crippen LogP contribution in [0.15, 0.2) is 49.2 Å². The fourth-order valence-electron chi connectivity index (χ4n) is 4.97. The summed E-state index contributed by atoms with van der Waals surface area (Å²) in [6.07, 6.45) is 4.62. The molecule has 1 fully saturated rings. The Balaban J connectivity index is 1.48. The Labute approximate surface area is 203 Å². The third-order valence-electron chi connectivity index (χ3n) is 6.97. The summed E-state index contributed by atoms with van der Waals surface area (Å²) < 4.78 is 5.42. The average molecular weight is 473 g/mol. The van der Waals surface area contributed by atoms with Crippen molar-refractivity contribution >= 4 is 23.5 Å². The van der Waals surface area contributed by atoms with Crippen molar-refractivity contribution in [3.63, 3.8) is 0 Å². The highest BCUT2D eigenvalue weighted by molar-refractivity contribution is 5.98. The van der Waals surface area contributed by atoms with E-state index in [-0.39, 0.29) is 17.2 Å². The van der Waals surface area contributed by atoms with Crippen molar-refractivity contribution in [1.82, 2.24) is 25.2 Å². The molecule has 9 heteroatoms. The molecule has 1 spiro atoms. The fraction of sp³-hybridized carbons (Fsp3) is 0.308. The molecule has 2 aromatic heterocycles. The van der Waals surface area contributed by atoms with Gasteiger partial charge in [-0.1, -0.05) is 18.7 Å². The van der Waals surface area contributed by atoms with Gasteiger partial charge in [0.25, 0.3) is 5.91 Å². The number of nitrogens with one attached hydrogen (secondary N) is 3. The van der Waals surface area contributed by atoms with Crippen molar-refractivity contribution in [2.24, 2.45) is 0 Å². The molecule has 2 amide bonds. The summed E-state index contributed by atoms with van der Waals surface area (Å²) in [7, 11) is 1.62. The van der Waals surface area contributed by atoms with Gasteiger partial charge in [0.05, 0.1) is 29.7 Å². The third-order valence-corrected chi connectivity index (χ3v) is 6.97. The maximum atomic E-state index is 12.8. The number of aromatic amines is 1. The molecule has 5 rings (SSSR count). The molecule has 0 unspecified atom stereocenters. The van der Waals surface area contributed by atoms with Crippen molar-refractivity contribution in [3.05, 3.63) is 66.0 Å². The molecule has 3 aromatic rings. The molecule has 0 saturated carbocycles. The molecular weight excluding hydrogens is 444 g/mol. The molecule has 2 aliphatic heterocycles. The minimum Gasteiger partial charge on any atom is -0.495 e. The van der Waals surface area contributed by atoms with Gasteiger partial charge in [0.15, 0.2) is 0 Å². The van der Waals surface area contributed by atoms with Gasteiger partial charge in [0, 0.05) is 36.9 Å². The fourth-order valence-corrected chi connectivity index (χ4v) is 4.97. The van der Waals surface area contributed by atoms with Gasteiger partial charge in [0.1, 0.15) is 5.75 Å². The molecule has 0 radical (unpaired) electrons. The van der Waals surface area contributed by atoms with Gasteiger partial charge in [-0.15, -0.1) is 0 Å². The van der Waals surface area contributed by atoms with E-state index in [0.29, 0.717) is 42.6 Å². The molecule has 35 heavy (non-hydrogen) atoms. The van der Waals surface area contributed by atoms with E-state index in [4.69, 9.17) is 9.72 Å². The zero-order chi connectivity index (χ0) is 24.6. The Kier molecular flexibility index (Phi) is 5.76. The number of hydrogen-bond acceptors (Lipinski definition) is 6. The minimum absolute atomic E-state index is 0.0567. The number of nitrogens with zero attached hydrogens (tertiary/aromatic N) is 3. The number of aryl methyl sites for hydroxylation is 1. The number of likely N-dealkylation sites (tertiary alicyclic amines) is 1. The lowest BCUT2D eigenvalue weighted by molar-refractivity contribution is -0.127. The molecule has 1 aromatic carbocycles. The number of hydrogen-bond donors (Lipinski definition) is 3. The molecular formula is C26H28N6O3. The summed E-state index contributed by atoms with van der Waals surface area (Å²) in [5.74, 6) is 0.960. The lowest BCUT2D eigenvalue weighted by Gasteiger charge is -2.43. The highest BCUT2D eigenvalue weighted by Crippen LogP contribution is 2.40. The predicted molar refractivity (Wildman–Crippen MR) is 133 cm³/mol. The SMILES string of the molecule is C=CC(=O)N1CCC2(CC1)CNC(=O)c1cc(-c3nc(Nc4ccccc4OC)ncc3C)[nH]c12. The maximum Gasteiger partial charge on any atom is 0.253 e. The average Bonchev–Trinajstić information content (AvgIpc) is 3.35. The highest BCUT2D eigenvalue weighted by atomic mass is 16.5. The number of carbonyl (C=O) groups excluding carboxylic acids is 2. The molecule has 0 bridgehead atoms. The van der Waals surface area contributed by atoms with Gasteiger partial charge in [0.2, 0.25) is 11.9 Å². The van der Waals surface area contributed by atoms with Gasteiger partial charge in [-0.25, -0.2) is 9.97 Å². The van der Waals surface area contributed by atoms with E-state index in [1.165, 1.54) is 6.08 Å². The Morgan fingerprint density at radius 3 is 2.80 bits per heavy atom. The minimum atomic E-state index is -0.251. The monoisotopic (exact) mass is 472 g/mol. The predicted octanol–water partition coefficient (Wildman–Crippen LogP) is 3.32. The summed E-state index contributed by atoms with van der Waals surface area (Å²) in [6, 6.07) is 9.43. The number of rotatable bonds is 5. The first-order valence-electron chi connectivity index (χ1n) is 11.6. The molecule has 3 N–H and O–H groups in total. The van der Waals surface area contributed by atoms with Crippen LogP contribution in [0.4, 0.5) is 11.6 Å². The second kappa shape index (κ2) is 8.90. The Morgan fingerprint density at radius 1 is 1.29 bits per heavy atom. The van der Waals surface area contributed by atoms with E-state index < -0.39 is 0 Å². The zero-order valence-corrected chi connectivity index (χ0v) is 19.9. The van der Waals surface area contributed by atoms with E-state index in [1.54, 1.807) is 13.3 Å². The molecule has 2 aliphatic rings. The highest BCUT2D eigenvalue weighted by Gasteiger charge is 2.44. The number of para-hydroxylation sites is 2. The number of aromatic nitrogens is 3. The molecule has 1 saturated heterocycles. The number of fused-ring (bicyclic) bond motifs is 2. The van der Waals surface area contributed by atoms with Crippen molar-refractivity contribution in [2.75, 3.05) is 32.1 Å². The normalized spacial score (nSPS) is 16.4. The number of carbonyl (C=O) groups is 2. The van der Waals surface area contributed by atoms with Crippen LogP contribution in [-0.2, 0) is 10.2 Å². The summed E-state index contributed by atoms with van der Waals surface area (Å²) >= 11 is 0. The van der Waals surface area contributed by atoms with Crippen molar-refractivity contribution < 1.29 is 14.3 Å². The van der Waals surface area contributed by atoms with Crippen LogP contribution in [0.2, 0.25) is 0 Å². The third kappa shape index (κ3) is 4.03. The summed E-state index contributed by atoms with van der Waals surface area (Å²) in [5.41, 5.74) is 4.42. The number of anilines is 2. The van der Waals surface area contributed by atoms with Crippen LogP contribution in [0.5, 0.6) is 5.75 Å². The number of amides is 2. The standard InChI is InChI=1S/C26H28N6O3/c1-4-21(33)32-11-9-26(10-12-32)15-28-24(34)17-13-19(29-23(17)26)22-16(2)14-27-25(31-22)30-18-7-5-6-8-20(18)35-3/h4-8,13-14,29H,1,9-12,15H2,2-3H3,(H,28,34)(H,27,30,31). The topological polar surface area (TPSA) is 112 Å². The van der Waals surface area contributed by atoms with E-state index in [9.17, 15) is 9.59 Å². The lowest BCUT2D eigenvalue weighted by Crippen LogP contribution is -2.53. The molecule has 0 aliphatic carbocycles. The van der Waals surface area contributed by atoms with Crippen LogP contribution >= 0.6 is 0 Å². The van der Waals surface area contributed by atoms with Gasteiger partial charge < -0.3 is 25.3 Å². The number of methoxy groups -OCH3 is 1. The van der Waals surface area contributed by atoms with E-state index in [2.05, 4.69) is 27.2 Å². The smallest absolute Gasteiger partial charge is 0.253 e. The zero-order valence-electron chi connectivity index (χ0n) is 19.9. The van der Waals surface area contributed by atoms with Crippen LogP contribution < -0.4 is 15.4 Å². The Morgan fingerprint density at radius 2 is 2.06 bits per heavy atom. The van der Waals surface area contributed by atoms with Crippen molar-refractivity contribution in [2.45, 2.75) is 25.2 Å². The van der Waals surface area contributed by atoms with Gasteiger partial charge in [-0.2, -0.15) is 0 Å².